The van der Waals surface area contributed by atoms with E-state index in [-0.39, 0.29) is 29.5 Å². The summed E-state index contributed by atoms with van der Waals surface area (Å²) in [5, 5.41) is 11.3. The summed E-state index contributed by atoms with van der Waals surface area (Å²) < 4.78 is 7.33. The van der Waals surface area contributed by atoms with Crippen molar-refractivity contribution in [2.75, 3.05) is 39.9 Å². The Morgan fingerprint density at radius 2 is 1.93 bits per heavy atom. The predicted octanol–water partition coefficient (Wildman–Crippen LogP) is 2.28. The number of nitrogens with one attached hydrogen (secondary N) is 2. The fraction of sp³-hybridized carbons (Fsp3) is 0.571. The van der Waals surface area contributed by atoms with Gasteiger partial charge in [0.15, 0.2) is 11.8 Å². The van der Waals surface area contributed by atoms with Gasteiger partial charge < -0.3 is 15.4 Å². The third kappa shape index (κ3) is 6.39. The number of pyridine rings is 1. The molecule has 0 amide bonds. The van der Waals surface area contributed by atoms with E-state index < -0.39 is 0 Å². The Labute approximate surface area is 196 Å². The first kappa shape index (κ1) is 24.5. The summed E-state index contributed by atoms with van der Waals surface area (Å²) in [6.45, 7) is 13.5. The number of morpholine rings is 1. The van der Waals surface area contributed by atoms with E-state index in [0.29, 0.717) is 6.54 Å². The topological polar surface area (TPSA) is 79.6 Å². The second kappa shape index (κ2) is 11.1. The van der Waals surface area contributed by atoms with Crippen LogP contribution in [0, 0.1) is 13.8 Å². The van der Waals surface area contributed by atoms with Gasteiger partial charge in [0.05, 0.1) is 18.9 Å². The maximum atomic E-state index is 5.46. The van der Waals surface area contributed by atoms with Crippen LogP contribution in [0.15, 0.2) is 29.4 Å². The summed E-state index contributed by atoms with van der Waals surface area (Å²) in [6, 6.07) is 6.11. The summed E-state index contributed by atoms with van der Waals surface area (Å²) in [6.07, 6.45) is 1.88. The van der Waals surface area contributed by atoms with Gasteiger partial charge in [-0.25, -0.2) is 9.67 Å². The molecule has 0 unspecified atom stereocenters. The molecule has 0 atom stereocenters. The molecule has 166 valence electrons. The van der Waals surface area contributed by atoms with E-state index in [0.717, 1.165) is 61.6 Å². The third-order valence-electron chi connectivity index (χ3n) is 5.27. The largest absolute Gasteiger partial charge is 0.379 e. The molecule has 1 aliphatic heterocycles. The lowest BCUT2D eigenvalue weighted by Gasteiger charge is -2.41. The van der Waals surface area contributed by atoms with E-state index in [1.54, 1.807) is 7.05 Å². The number of aryl methyl sites for hydroxylation is 2. The zero-order valence-electron chi connectivity index (χ0n) is 18.6. The zero-order chi connectivity index (χ0) is 20.9. The molecule has 3 rings (SSSR count). The van der Waals surface area contributed by atoms with E-state index in [9.17, 15) is 0 Å². The van der Waals surface area contributed by atoms with Crippen molar-refractivity contribution >= 4 is 29.9 Å². The van der Waals surface area contributed by atoms with Crippen molar-refractivity contribution in [3.8, 4) is 5.82 Å². The Morgan fingerprint density at radius 1 is 1.20 bits per heavy atom. The molecule has 0 radical (unpaired) electrons. The minimum absolute atomic E-state index is 0. The number of nitrogens with zero attached hydrogens (tertiary/aromatic N) is 5. The van der Waals surface area contributed by atoms with Crippen LogP contribution in [0.3, 0.4) is 0 Å². The van der Waals surface area contributed by atoms with Crippen molar-refractivity contribution in [3.05, 3.63) is 41.3 Å². The van der Waals surface area contributed by atoms with Gasteiger partial charge in [-0.05, 0) is 45.4 Å². The van der Waals surface area contributed by atoms with Crippen LogP contribution in [-0.2, 0) is 11.3 Å². The van der Waals surface area contributed by atoms with Crippen LogP contribution in [0.5, 0.6) is 0 Å². The summed E-state index contributed by atoms with van der Waals surface area (Å²) >= 11 is 0. The standard InChI is InChI=1S/C21H33N7O.HI/c1-16-12-17(2)28(26-16)19-7-6-18(13-23-19)14-24-20(22-5)25-15-21(3,4)27-8-10-29-11-9-27;/h6-7,12-13H,8-11,14-15H2,1-5H3,(H2,22,24,25);1H. The smallest absolute Gasteiger partial charge is 0.191 e. The molecule has 30 heavy (non-hydrogen) atoms. The minimum Gasteiger partial charge on any atom is -0.379 e. The number of guanidine groups is 1. The number of hydrogen-bond acceptors (Lipinski definition) is 5. The normalized spacial score (nSPS) is 15.6. The van der Waals surface area contributed by atoms with E-state index in [2.05, 4.69) is 50.5 Å². The number of halogens is 1. The Balaban J connectivity index is 0.00000320. The van der Waals surface area contributed by atoms with Crippen molar-refractivity contribution in [2.24, 2.45) is 4.99 Å². The maximum absolute atomic E-state index is 5.46. The molecule has 0 saturated carbocycles. The highest BCUT2D eigenvalue weighted by atomic mass is 127. The van der Waals surface area contributed by atoms with Gasteiger partial charge in [0.2, 0.25) is 0 Å². The third-order valence-corrected chi connectivity index (χ3v) is 5.27. The average molecular weight is 527 g/mol. The van der Waals surface area contributed by atoms with Gasteiger partial charge in [-0.2, -0.15) is 5.10 Å². The molecule has 0 aromatic carbocycles. The molecule has 0 bridgehead atoms. The van der Waals surface area contributed by atoms with Crippen LogP contribution < -0.4 is 10.6 Å². The number of rotatable bonds is 6. The molecule has 0 spiro atoms. The lowest BCUT2D eigenvalue weighted by Crippen LogP contribution is -2.56. The molecular weight excluding hydrogens is 493 g/mol. The molecular formula is C21H34IN7O. The molecule has 8 nitrogen and oxygen atoms in total. The fourth-order valence-electron chi connectivity index (χ4n) is 3.49. The predicted molar refractivity (Wildman–Crippen MR) is 131 cm³/mol. The first-order chi connectivity index (χ1) is 13.9. The number of ether oxygens (including phenoxy) is 1. The molecule has 2 aromatic heterocycles. The Hall–Kier alpha value is -1.72. The molecule has 2 N–H and O–H groups in total. The number of aliphatic imine (C=N–C) groups is 1. The monoisotopic (exact) mass is 527 g/mol. The molecule has 1 saturated heterocycles. The first-order valence-corrected chi connectivity index (χ1v) is 10.1. The highest BCUT2D eigenvalue weighted by molar-refractivity contribution is 14.0. The van der Waals surface area contributed by atoms with Crippen molar-refractivity contribution in [1.82, 2.24) is 30.3 Å². The lowest BCUT2D eigenvalue weighted by atomic mass is 10.0. The van der Waals surface area contributed by atoms with Crippen LogP contribution in [0.1, 0.15) is 30.8 Å². The lowest BCUT2D eigenvalue weighted by molar-refractivity contribution is -0.00834. The van der Waals surface area contributed by atoms with E-state index >= 15 is 0 Å². The van der Waals surface area contributed by atoms with Crippen LogP contribution in [0.25, 0.3) is 5.82 Å². The SMILES string of the molecule is CN=C(NCc1ccc(-n2nc(C)cc2C)nc1)NCC(C)(C)N1CCOCC1.I. The second-order valence-electron chi connectivity index (χ2n) is 8.05. The van der Waals surface area contributed by atoms with Crippen molar-refractivity contribution in [2.45, 2.75) is 39.8 Å². The van der Waals surface area contributed by atoms with Crippen molar-refractivity contribution in [3.63, 3.8) is 0 Å². The van der Waals surface area contributed by atoms with E-state index in [1.165, 1.54) is 0 Å². The van der Waals surface area contributed by atoms with Gasteiger partial charge in [-0.3, -0.25) is 9.89 Å². The maximum Gasteiger partial charge on any atom is 0.191 e. The summed E-state index contributed by atoms with van der Waals surface area (Å²) in [5.41, 5.74) is 3.19. The van der Waals surface area contributed by atoms with E-state index in [4.69, 9.17) is 4.74 Å². The average Bonchev–Trinajstić information content (AvgIpc) is 3.07. The first-order valence-electron chi connectivity index (χ1n) is 10.1. The minimum atomic E-state index is 0. The van der Waals surface area contributed by atoms with E-state index in [1.807, 2.05) is 36.9 Å². The quantitative estimate of drug-likeness (QED) is 0.341. The highest BCUT2D eigenvalue weighted by Crippen LogP contribution is 2.15. The zero-order valence-corrected chi connectivity index (χ0v) is 20.9. The summed E-state index contributed by atoms with van der Waals surface area (Å²) in [4.78, 5) is 11.4. The van der Waals surface area contributed by atoms with Crippen molar-refractivity contribution < 1.29 is 4.74 Å². The van der Waals surface area contributed by atoms with Gasteiger partial charge >= 0.3 is 0 Å². The Morgan fingerprint density at radius 3 is 2.50 bits per heavy atom. The van der Waals surface area contributed by atoms with Crippen LogP contribution in [0.4, 0.5) is 0 Å². The Kier molecular flexibility index (Phi) is 9.05. The van der Waals surface area contributed by atoms with Gasteiger partial charge in [0.25, 0.3) is 0 Å². The van der Waals surface area contributed by atoms with Crippen LogP contribution in [0.2, 0.25) is 0 Å². The second-order valence-corrected chi connectivity index (χ2v) is 8.05. The van der Waals surface area contributed by atoms with Gasteiger partial charge in [0, 0.05) is 50.7 Å². The molecule has 9 heteroatoms. The summed E-state index contributed by atoms with van der Waals surface area (Å²) in [5.74, 6) is 1.61. The van der Waals surface area contributed by atoms with Gasteiger partial charge in [0.1, 0.15) is 0 Å². The molecule has 2 aromatic rings. The Bertz CT molecular complexity index is 826. The number of aromatic nitrogens is 3. The van der Waals surface area contributed by atoms with Crippen LogP contribution >= 0.6 is 24.0 Å². The molecule has 3 heterocycles. The van der Waals surface area contributed by atoms with Gasteiger partial charge in [-0.15, -0.1) is 24.0 Å². The molecule has 0 aliphatic carbocycles. The highest BCUT2D eigenvalue weighted by Gasteiger charge is 2.28. The number of hydrogen-bond donors (Lipinski definition) is 2. The molecule has 1 aliphatic rings. The van der Waals surface area contributed by atoms with Gasteiger partial charge in [-0.1, -0.05) is 6.07 Å². The fourth-order valence-corrected chi connectivity index (χ4v) is 3.49. The molecule has 1 fully saturated rings. The van der Waals surface area contributed by atoms with Crippen molar-refractivity contribution in [1.29, 1.82) is 0 Å². The van der Waals surface area contributed by atoms with Crippen LogP contribution in [-0.4, -0.2) is 71.1 Å². The summed E-state index contributed by atoms with van der Waals surface area (Å²) in [7, 11) is 1.79.